The van der Waals surface area contributed by atoms with Gasteiger partial charge in [-0.1, -0.05) is 18.2 Å². The van der Waals surface area contributed by atoms with Crippen LogP contribution in [0.1, 0.15) is 0 Å². The third kappa shape index (κ3) is 2.80. The van der Waals surface area contributed by atoms with Crippen LogP contribution in [0.4, 0.5) is 4.39 Å². The van der Waals surface area contributed by atoms with Gasteiger partial charge in [0.15, 0.2) is 5.16 Å². The number of H-pyrrole nitrogens is 1. The van der Waals surface area contributed by atoms with Crippen LogP contribution in [0, 0.1) is 5.82 Å². The Balaban J connectivity index is 1.66. The topological polar surface area (TPSA) is 54.5 Å². The van der Waals surface area contributed by atoms with Crippen molar-refractivity contribution in [1.29, 1.82) is 0 Å². The number of aromatic amines is 1. The van der Waals surface area contributed by atoms with E-state index >= 15 is 0 Å². The van der Waals surface area contributed by atoms with Crippen LogP contribution in [0.3, 0.4) is 0 Å². The zero-order chi connectivity index (χ0) is 15.6. The second kappa shape index (κ2) is 5.81. The molecule has 0 saturated carbocycles. The summed E-state index contributed by atoms with van der Waals surface area (Å²) in [5, 5.41) is 2.56. The molecule has 0 bridgehead atoms. The highest BCUT2D eigenvalue weighted by molar-refractivity contribution is 7.99. The first kappa shape index (κ1) is 13.9. The summed E-state index contributed by atoms with van der Waals surface area (Å²) in [5.74, 6) is -0.254. The highest BCUT2D eigenvalue weighted by Gasteiger charge is 2.09. The van der Waals surface area contributed by atoms with Gasteiger partial charge in [-0.3, -0.25) is 0 Å². The molecule has 1 N–H and O–H groups in total. The lowest BCUT2D eigenvalue weighted by Crippen LogP contribution is -1.87. The molecular formula is C17H11FN4S. The summed E-state index contributed by atoms with van der Waals surface area (Å²) in [6, 6.07) is 14.1. The molecule has 0 aliphatic heterocycles. The number of hydrogen-bond acceptors (Lipinski definition) is 4. The van der Waals surface area contributed by atoms with Gasteiger partial charge in [-0.05, 0) is 47.7 Å². The molecule has 0 radical (unpaired) electrons. The van der Waals surface area contributed by atoms with E-state index < -0.39 is 0 Å². The SMILES string of the molecule is Fc1ccc(-c2cnc(Sc3ncnc4ccccc34)[nH]2)cc1. The minimum atomic E-state index is -0.254. The number of aromatic nitrogens is 4. The van der Waals surface area contributed by atoms with Crippen molar-refractivity contribution in [3.8, 4) is 11.3 Å². The molecule has 0 saturated heterocycles. The summed E-state index contributed by atoms with van der Waals surface area (Å²) < 4.78 is 13.0. The molecule has 2 aromatic heterocycles. The molecule has 23 heavy (non-hydrogen) atoms. The molecule has 6 heteroatoms. The van der Waals surface area contributed by atoms with E-state index in [1.807, 2.05) is 24.3 Å². The number of hydrogen-bond donors (Lipinski definition) is 1. The van der Waals surface area contributed by atoms with Gasteiger partial charge < -0.3 is 4.98 Å². The molecule has 112 valence electrons. The van der Waals surface area contributed by atoms with Crippen molar-refractivity contribution < 1.29 is 4.39 Å². The second-order valence-electron chi connectivity index (χ2n) is 4.91. The fourth-order valence-corrected chi connectivity index (χ4v) is 3.12. The summed E-state index contributed by atoms with van der Waals surface area (Å²) >= 11 is 1.44. The Labute approximate surface area is 135 Å². The van der Waals surface area contributed by atoms with Crippen LogP contribution in [0.25, 0.3) is 22.2 Å². The summed E-state index contributed by atoms with van der Waals surface area (Å²) in [7, 11) is 0. The van der Waals surface area contributed by atoms with E-state index in [2.05, 4.69) is 19.9 Å². The van der Waals surface area contributed by atoms with Crippen LogP contribution in [0.15, 0.2) is 71.2 Å². The molecule has 0 spiro atoms. The molecule has 0 fully saturated rings. The Bertz CT molecular complexity index is 960. The summed E-state index contributed by atoms with van der Waals surface area (Å²) in [4.78, 5) is 16.2. The number of para-hydroxylation sites is 1. The van der Waals surface area contributed by atoms with Crippen molar-refractivity contribution in [1.82, 2.24) is 19.9 Å². The van der Waals surface area contributed by atoms with Crippen LogP contribution < -0.4 is 0 Å². The van der Waals surface area contributed by atoms with E-state index in [9.17, 15) is 4.39 Å². The number of nitrogens with one attached hydrogen (secondary N) is 1. The predicted octanol–water partition coefficient (Wildman–Crippen LogP) is 4.31. The van der Waals surface area contributed by atoms with E-state index in [1.165, 1.54) is 23.9 Å². The smallest absolute Gasteiger partial charge is 0.172 e. The Morgan fingerprint density at radius 3 is 2.61 bits per heavy atom. The van der Waals surface area contributed by atoms with Crippen LogP contribution in [-0.4, -0.2) is 19.9 Å². The summed E-state index contributed by atoms with van der Waals surface area (Å²) in [5.41, 5.74) is 2.62. The zero-order valence-electron chi connectivity index (χ0n) is 11.9. The maximum atomic E-state index is 13.0. The normalized spacial score (nSPS) is 11.0. The fourth-order valence-electron chi connectivity index (χ4n) is 2.28. The van der Waals surface area contributed by atoms with Gasteiger partial charge in [-0.15, -0.1) is 0 Å². The Kier molecular flexibility index (Phi) is 3.51. The highest BCUT2D eigenvalue weighted by atomic mass is 32.2. The first-order valence-corrected chi connectivity index (χ1v) is 7.80. The minimum Gasteiger partial charge on any atom is -0.333 e. The number of halogens is 1. The first-order chi connectivity index (χ1) is 11.3. The average Bonchev–Trinajstić information content (AvgIpc) is 3.04. The van der Waals surface area contributed by atoms with E-state index in [0.29, 0.717) is 0 Å². The van der Waals surface area contributed by atoms with Crippen LogP contribution >= 0.6 is 11.8 Å². The molecule has 0 amide bonds. The number of benzene rings is 2. The Morgan fingerprint density at radius 2 is 1.74 bits per heavy atom. The van der Waals surface area contributed by atoms with E-state index in [0.717, 1.165) is 32.3 Å². The zero-order valence-corrected chi connectivity index (χ0v) is 12.7. The quantitative estimate of drug-likeness (QED) is 0.571. The molecule has 0 aliphatic carbocycles. The lowest BCUT2D eigenvalue weighted by Gasteiger charge is -2.02. The molecular weight excluding hydrogens is 311 g/mol. The number of nitrogens with zero attached hydrogens (tertiary/aromatic N) is 3. The van der Waals surface area contributed by atoms with Crippen molar-refractivity contribution in [2.24, 2.45) is 0 Å². The van der Waals surface area contributed by atoms with Gasteiger partial charge in [0, 0.05) is 5.39 Å². The van der Waals surface area contributed by atoms with Crippen molar-refractivity contribution in [3.05, 3.63) is 66.9 Å². The van der Waals surface area contributed by atoms with Crippen LogP contribution in [0.2, 0.25) is 0 Å². The van der Waals surface area contributed by atoms with Gasteiger partial charge in [-0.2, -0.15) is 0 Å². The van der Waals surface area contributed by atoms with Crippen molar-refractivity contribution in [2.45, 2.75) is 10.2 Å². The van der Waals surface area contributed by atoms with Gasteiger partial charge >= 0.3 is 0 Å². The molecule has 0 aliphatic rings. The molecule has 4 nitrogen and oxygen atoms in total. The number of imidazole rings is 1. The minimum absolute atomic E-state index is 0.254. The second-order valence-corrected chi connectivity index (χ2v) is 5.88. The Morgan fingerprint density at radius 1 is 0.913 bits per heavy atom. The van der Waals surface area contributed by atoms with Crippen LogP contribution in [-0.2, 0) is 0 Å². The third-order valence-corrected chi connectivity index (χ3v) is 4.33. The standard InChI is InChI=1S/C17H11FN4S/c18-12-7-5-11(6-8-12)15-9-19-17(22-15)23-16-13-3-1-2-4-14(13)20-10-21-16/h1-10H,(H,19,22). The molecule has 2 aromatic carbocycles. The molecule has 4 aromatic rings. The van der Waals surface area contributed by atoms with Gasteiger partial charge in [-0.25, -0.2) is 19.3 Å². The van der Waals surface area contributed by atoms with Gasteiger partial charge in [0.05, 0.1) is 17.4 Å². The monoisotopic (exact) mass is 322 g/mol. The highest BCUT2D eigenvalue weighted by Crippen LogP contribution is 2.30. The lowest BCUT2D eigenvalue weighted by atomic mass is 10.2. The molecule has 0 unspecified atom stereocenters. The van der Waals surface area contributed by atoms with Crippen LogP contribution in [0.5, 0.6) is 0 Å². The van der Waals surface area contributed by atoms with Gasteiger partial charge in [0.25, 0.3) is 0 Å². The molecule has 4 rings (SSSR count). The summed E-state index contributed by atoms with van der Waals surface area (Å²) in [6.07, 6.45) is 3.29. The van der Waals surface area contributed by atoms with Crippen molar-refractivity contribution >= 4 is 22.7 Å². The average molecular weight is 322 g/mol. The van der Waals surface area contributed by atoms with E-state index in [1.54, 1.807) is 24.7 Å². The van der Waals surface area contributed by atoms with Crippen molar-refractivity contribution in [2.75, 3.05) is 0 Å². The number of fused-ring (bicyclic) bond motifs is 1. The van der Waals surface area contributed by atoms with Gasteiger partial charge in [0.1, 0.15) is 17.2 Å². The third-order valence-electron chi connectivity index (χ3n) is 3.41. The molecule has 0 atom stereocenters. The first-order valence-electron chi connectivity index (χ1n) is 6.98. The lowest BCUT2D eigenvalue weighted by molar-refractivity contribution is 0.628. The Hall–Kier alpha value is -2.73. The van der Waals surface area contributed by atoms with E-state index in [4.69, 9.17) is 0 Å². The van der Waals surface area contributed by atoms with E-state index in [-0.39, 0.29) is 5.82 Å². The van der Waals surface area contributed by atoms with Crippen molar-refractivity contribution in [3.63, 3.8) is 0 Å². The maximum Gasteiger partial charge on any atom is 0.172 e. The fraction of sp³-hybridized carbons (Fsp3) is 0. The summed E-state index contributed by atoms with van der Waals surface area (Å²) in [6.45, 7) is 0. The predicted molar refractivity (Wildman–Crippen MR) is 87.6 cm³/mol. The maximum absolute atomic E-state index is 13.0. The van der Waals surface area contributed by atoms with Gasteiger partial charge in [0.2, 0.25) is 0 Å². The number of rotatable bonds is 3. The largest absolute Gasteiger partial charge is 0.333 e. The molecule has 2 heterocycles.